The molecule has 1 fully saturated rings. The van der Waals surface area contributed by atoms with Gasteiger partial charge in [0.2, 0.25) is 0 Å². The molecule has 2 aromatic carbocycles. The highest BCUT2D eigenvalue weighted by Crippen LogP contribution is 2.37. The molecule has 36 heavy (non-hydrogen) atoms. The maximum Gasteiger partial charge on any atom is 0.255 e. The fraction of sp³-hybridized carbons (Fsp3) is 0.393. The van der Waals surface area contributed by atoms with E-state index < -0.39 is 0 Å². The van der Waals surface area contributed by atoms with Gasteiger partial charge in [-0.15, -0.1) is 0 Å². The van der Waals surface area contributed by atoms with Crippen LogP contribution in [0.1, 0.15) is 48.2 Å². The summed E-state index contributed by atoms with van der Waals surface area (Å²) in [5, 5.41) is 20.4. The zero-order valence-corrected chi connectivity index (χ0v) is 22.4. The van der Waals surface area contributed by atoms with E-state index in [1.807, 2.05) is 45.9 Å². The Morgan fingerprint density at radius 1 is 0.889 bits per heavy atom. The molecule has 2 N–H and O–H groups in total. The van der Waals surface area contributed by atoms with Crippen LogP contribution in [0.15, 0.2) is 48.5 Å². The number of likely N-dealkylation sites (tertiary alicyclic amines) is 1. The van der Waals surface area contributed by atoms with Gasteiger partial charge >= 0.3 is 0 Å². The lowest BCUT2D eigenvalue weighted by molar-refractivity contribution is 0.0681. The summed E-state index contributed by atoms with van der Waals surface area (Å²) in [4.78, 5) is 15.8. The molecule has 192 valence electrons. The van der Waals surface area contributed by atoms with E-state index in [2.05, 4.69) is 0 Å². The number of benzene rings is 2. The molecule has 8 heteroatoms. The molecule has 4 rings (SSSR count). The van der Waals surface area contributed by atoms with Crippen molar-refractivity contribution in [3.63, 3.8) is 0 Å². The molecule has 0 saturated carbocycles. The monoisotopic (exact) mass is 548 g/mol. The molecule has 0 aliphatic carbocycles. The molecule has 2 heterocycles. The van der Waals surface area contributed by atoms with Gasteiger partial charge in [0.15, 0.2) is 0 Å². The Labute approximate surface area is 227 Å². The van der Waals surface area contributed by atoms with Crippen LogP contribution in [0.25, 0.3) is 16.9 Å². The first-order chi connectivity index (χ1) is 17.4. The van der Waals surface area contributed by atoms with Gasteiger partial charge in [-0.05, 0) is 93.0 Å². The summed E-state index contributed by atoms with van der Waals surface area (Å²) in [7, 11) is 0. The van der Waals surface area contributed by atoms with E-state index in [-0.39, 0.29) is 19.1 Å². The fourth-order valence-corrected chi connectivity index (χ4v) is 5.62. The first-order valence-corrected chi connectivity index (χ1v) is 13.5. The Kier molecular flexibility index (Phi) is 9.37. The Hall–Kier alpha value is -2.02. The lowest BCUT2D eigenvalue weighted by Crippen LogP contribution is -2.38. The average molecular weight is 550 g/mol. The summed E-state index contributed by atoms with van der Waals surface area (Å²) in [5.74, 6) is 0.528. The van der Waals surface area contributed by atoms with Crippen LogP contribution in [-0.4, -0.2) is 51.9 Å². The van der Waals surface area contributed by atoms with Crippen LogP contribution >= 0.6 is 34.8 Å². The number of amides is 1. The lowest BCUT2D eigenvalue weighted by atomic mass is 9.92. The zero-order chi connectivity index (χ0) is 25.7. The van der Waals surface area contributed by atoms with Crippen molar-refractivity contribution < 1.29 is 15.0 Å². The summed E-state index contributed by atoms with van der Waals surface area (Å²) in [6.45, 7) is 1.61. The zero-order valence-electron chi connectivity index (χ0n) is 20.1. The van der Waals surface area contributed by atoms with Gasteiger partial charge in [-0.25, -0.2) is 0 Å². The van der Waals surface area contributed by atoms with Crippen LogP contribution in [0, 0.1) is 5.92 Å². The topological polar surface area (TPSA) is 65.7 Å². The van der Waals surface area contributed by atoms with Crippen molar-refractivity contribution in [2.75, 3.05) is 26.3 Å². The molecule has 5 nitrogen and oxygen atoms in total. The van der Waals surface area contributed by atoms with Gasteiger partial charge in [-0.3, -0.25) is 4.79 Å². The lowest BCUT2D eigenvalue weighted by Gasteiger charge is -2.32. The van der Waals surface area contributed by atoms with Gasteiger partial charge in [0.05, 0.1) is 16.3 Å². The molecular formula is C28H31Cl3N2O3. The first-order valence-electron chi connectivity index (χ1n) is 12.4. The van der Waals surface area contributed by atoms with Gasteiger partial charge in [-0.1, -0.05) is 34.8 Å². The van der Waals surface area contributed by atoms with E-state index in [4.69, 9.17) is 39.9 Å². The summed E-state index contributed by atoms with van der Waals surface area (Å²) in [5.41, 5.74) is 3.86. The van der Waals surface area contributed by atoms with E-state index in [0.717, 1.165) is 48.3 Å². The SMILES string of the molecule is O=C(c1cc(-c2ccc(Cl)cc2Cl)n(-c2ccc(Cl)cc2)c1CCCO)N1CCC(CCCO)CC1. The molecule has 1 aliphatic rings. The second-order valence-electron chi connectivity index (χ2n) is 9.25. The van der Waals surface area contributed by atoms with Crippen LogP contribution < -0.4 is 0 Å². The van der Waals surface area contributed by atoms with Crippen molar-refractivity contribution in [3.8, 4) is 16.9 Å². The average Bonchev–Trinajstić information content (AvgIpc) is 3.25. The maximum absolute atomic E-state index is 13.9. The van der Waals surface area contributed by atoms with E-state index >= 15 is 0 Å². The number of nitrogens with zero attached hydrogens (tertiary/aromatic N) is 2. The first kappa shape index (κ1) is 27.0. The number of aromatic nitrogens is 1. The van der Waals surface area contributed by atoms with E-state index in [1.165, 1.54) is 0 Å². The van der Waals surface area contributed by atoms with Crippen molar-refractivity contribution >= 4 is 40.7 Å². The molecule has 3 aromatic rings. The van der Waals surface area contributed by atoms with Gasteiger partial charge in [-0.2, -0.15) is 0 Å². The Bertz CT molecular complexity index is 1190. The normalized spacial score (nSPS) is 14.4. The van der Waals surface area contributed by atoms with Crippen molar-refractivity contribution in [3.05, 3.63) is 74.9 Å². The molecular weight excluding hydrogens is 519 g/mol. The van der Waals surface area contributed by atoms with Crippen LogP contribution in [0.3, 0.4) is 0 Å². The minimum atomic E-state index is -0.0115. The molecule has 1 amide bonds. The van der Waals surface area contributed by atoms with Crippen molar-refractivity contribution in [2.45, 2.75) is 38.5 Å². The number of piperidine rings is 1. The summed E-state index contributed by atoms with van der Waals surface area (Å²) >= 11 is 19.0. The predicted molar refractivity (Wildman–Crippen MR) is 147 cm³/mol. The molecule has 0 radical (unpaired) electrons. The van der Waals surface area contributed by atoms with Crippen LogP contribution in [0.4, 0.5) is 0 Å². The molecule has 1 saturated heterocycles. The maximum atomic E-state index is 13.9. The fourth-order valence-electron chi connectivity index (χ4n) is 4.98. The van der Waals surface area contributed by atoms with Crippen molar-refractivity contribution in [1.82, 2.24) is 9.47 Å². The van der Waals surface area contributed by atoms with Crippen LogP contribution in [-0.2, 0) is 6.42 Å². The van der Waals surface area contributed by atoms with Gasteiger partial charge in [0, 0.05) is 53.3 Å². The summed E-state index contributed by atoms with van der Waals surface area (Å²) < 4.78 is 2.04. The molecule has 0 bridgehead atoms. The second-order valence-corrected chi connectivity index (χ2v) is 10.5. The van der Waals surface area contributed by atoms with Gasteiger partial charge < -0.3 is 19.7 Å². The third kappa shape index (κ3) is 6.09. The van der Waals surface area contributed by atoms with E-state index in [9.17, 15) is 9.90 Å². The molecule has 1 aliphatic heterocycles. The number of carbonyl (C=O) groups is 1. The van der Waals surface area contributed by atoms with Crippen molar-refractivity contribution in [1.29, 1.82) is 0 Å². The largest absolute Gasteiger partial charge is 0.396 e. The van der Waals surface area contributed by atoms with Gasteiger partial charge in [0.25, 0.3) is 5.91 Å². The van der Waals surface area contributed by atoms with E-state index in [1.54, 1.807) is 12.1 Å². The Morgan fingerprint density at radius 3 is 2.19 bits per heavy atom. The third-order valence-electron chi connectivity index (χ3n) is 6.87. The van der Waals surface area contributed by atoms with Crippen molar-refractivity contribution in [2.24, 2.45) is 5.92 Å². The molecule has 1 aromatic heterocycles. The highest BCUT2D eigenvalue weighted by atomic mass is 35.5. The van der Waals surface area contributed by atoms with E-state index in [0.29, 0.717) is 52.5 Å². The number of aliphatic hydroxyl groups excluding tert-OH is 2. The second kappa shape index (κ2) is 12.5. The number of rotatable bonds is 9. The Morgan fingerprint density at radius 2 is 1.56 bits per heavy atom. The van der Waals surface area contributed by atoms with Crippen LogP contribution in [0.5, 0.6) is 0 Å². The molecule has 0 atom stereocenters. The third-order valence-corrected chi connectivity index (χ3v) is 7.67. The predicted octanol–water partition coefficient (Wildman–Crippen LogP) is 6.65. The number of aliphatic hydroxyl groups is 2. The minimum absolute atomic E-state index is 0.0115. The quantitative estimate of drug-likeness (QED) is 0.314. The molecule has 0 spiro atoms. The number of halogens is 3. The summed E-state index contributed by atoms with van der Waals surface area (Å²) in [6, 6.07) is 14.7. The highest BCUT2D eigenvalue weighted by molar-refractivity contribution is 6.36. The summed E-state index contributed by atoms with van der Waals surface area (Å²) in [6.07, 6.45) is 4.72. The standard InChI is InChI=1S/C28H31Cl3N2O3/c29-20-5-8-22(9-6-20)33-26(4-2-16-35)24(18-27(33)23-10-7-21(30)17-25(23)31)28(36)32-13-11-19(12-14-32)3-1-15-34/h5-10,17-19,34-35H,1-4,11-16H2. The smallest absolute Gasteiger partial charge is 0.255 e. The number of carbonyl (C=O) groups excluding carboxylic acids is 1. The number of hydrogen-bond donors (Lipinski definition) is 2. The van der Waals surface area contributed by atoms with Gasteiger partial charge in [0.1, 0.15) is 0 Å². The minimum Gasteiger partial charge on any atom is -0.396 e. The van der Waals surface area contributed by atoms with Crippen LogP contribution in [0.2, 0.25) is 15.1 Å². The number of hydrogen-bond acceptors (Lipinski definition) is 3. The highest BCUT2D eigenvalue weighted by Gasteiger charge is 2.29. The molecule has 0 unspecified atom stereocenters. The Balaban J connectivity index is 1.78.